The van der Waals surface area contributed by atoms with Gasteiger partial charge in [0.2, 0.25) is 0 Å². The van der Waals surface area contributed by atoms with E-state index in [4.69, 9.17) is 4.74 Å². The minimum absolute atomic E-state index is 0.112. The van der Waals surface area contributed by atoms with Crippen molar-refractivity contribution in [2.75, 3.05) is 6.61 Å². The Morgan fingerprint density at radius 1 is 1.56 bits per heavy atom. The zero-order chi connectivity index (χ0) is 11.0. The summed E-state index contributed by atoms with van der Waals surface area (Å²) in [5.74, 6) is 0.334. The van der Waals surface area contributed by atoms with Crippen LogP contribution in [0.2, 0.25) is 0 Å². The van der Waals surface area contributed by atoms with E-state index >= 15 is 0 Å². The molecule has 2 unspecified atom stereocenters. The van der Waals surface area contributed by atoms with E-state index in [0.717, 1.165) is 24.5 Å². The molecule has 1 saturated heterocycles. The lowest BCUT2D eigenvalue weighted by molar-refractivity contribution is -0.157. The standard InChI is InChI=1S/C12H17NO2S/c14-10(11-13-5-7-16-11)9-2-6-15-12(8-9)3-1-4-12/h5,7,9-10,14H,1-4,6,8H2. The highest BCUT2D eigenvalue weighted by Crippen LogP contribution is 2.47. The molecule has 1 aromatic rings. The lowest BCUT2D eigenvalue weighted by atomic mass is 9.71. The zero-order valence-corrected chi connectivity index (χ0v) is 10.1. The number of hydrogen-bond acceptors (Lipinski definition) is 4. The van der Waals surface area contributed by atoms with Crippen molar-refractivity contribution in [3.8, 4) is 0 Å². The summed E-state index contributed by atoms with van der Waals surface area (Å²) in [6.45, 7) is 0.799. The molecule has 1 aromatic heterocycles. The van der Waals surface area contributed by atoms with Gasteiger partial charge in [0.15, 0.2) is 0 Å². The Kier molecular flexibility index (Phi) is 2.73. The lowest BCUT2D eigenvalue weighted by Gasteiger charge is -2.47. The van der Waals surface area contributed by atoms with E-state index in [-0.39, 0.29) is 11.7 Å². The highest BCUT2D eigenvalue weighted by molar-refractivity contribution is 7.09. The van der Waals surface area contributed by atoms with Crippen LogP contribution < -0.4 is 0 Å². The number of aliphatic hydroxyl groups is 1. The third kappa shape index (κ3) is 1.79. The van der Waals surface area contributed by atoms with Crippen LogP contribution in [-0.2, 0) is 4.74 Å². The van der Waals surface area contributed by atoms with E-state index < -0.39 is 0 Å². The molecule has 4 heteroatoms. The van der Waals surface area contributed by atoms with Gasteiger partial charge in [-0.3, -0.25) is 0 Å². The summed E-state index contributed by atoms with van der Waals surface area (Å²) in [5, 5.41) is 13.1. The second kappa shape index (κ2) is 4.09. The van der Waals surface area contributed by atoms with Gasteiger partial charge >= 0.3 is 0 Å². The number of hydrogen-bond donors (Lipinski definition) is 1. The maximum Gasteiger partial charge on any atom is 0.121 e. The molecule has 2 aliphatic rings. The fourth-order valence-corrected chi connectivity index (χ4v) is 3.55. The molecular weight excluding hydrogens is 222 g/mol. The summed E-state index contributed by atoms with van der Waals surface area (Å²) < 4.78 is 5.87. The number of aliphatic hydroxyl groups excluding tert-OH is 1. The van der Waals surface area contributed by atoms with Gasteiger partial charge in [-0.1, -0.05) is 0 Å². The van der Waals surface area contributed by atoms with Crippen LogP contribution in [0.4, 0.5) is 0 Å². The maximum atomic E-state index is 10.3. The molecule has 88 valence electrons. The smallest absolute Gasteiger partial charge is 0.121 e. The Labute approximate surface area is 99.5 Å². The van der Waals surface area contributed by atoms with Gasteiger partial charge in [0, 0.05) is 18.2 Å². The van der Waals surface area contributed by atoms with Crippen molar-refractivity contribution in [1.82, 2.24) is 4.98 Å². The molecule has 1 N–H and O–H groups in total. The molecule has 2 fully saturated rings. The zero-order valence-electron chi connectivity index (χ0n) is 9.26. The first-order valence-corrected chi connectivity index (χ1v) is 6.88. The topological polar surface area (TPSA) is 42.4 Å². The number of aromatic nitrogens is 1. The minimum Gasteiger partial charge on any atom is -0.386 e. The van der Waals surface area contributed by atoms with Crippen molar-refractivity contribution in [3.05, 3.63) is 16.6 Å². The van der Waals surface area contributed by atoms with E-state index in [1.165, 1.54) is 19.3 Å². The molecule has 1 aliphatic carbocycles. The van der Waals surface area contributed by atoms with Gasteiger partial charge in [0.25, 0.3) is 0 Å². The molecule has 2 heterocycles. The normalized spacial score (nSPS) is 29.9. The molecule has 1 saturated carbocycles. The maximum absolute atomic E-state index is 10.3. The Balaban J connectivity index is 1.70. The largest absolute Gasteiger partial charge is 0.386 e. The highest BCUT2D eigenvalue weighted by atomic mass is 32.1. The van der Waals surface area contributed by atoms with Gasteiger partial charge in [0.1, 0.15) is 11.1 Å². The second-order valence-corrected chi connectivity index (χ2v) is 5.88. The SMILES string of the molecule is OC(c1nccs1)C1CCOC2(CCC2)C1. The highest BCUT2D eigenvalue weighted by Gasteiger charge is 2.44. The van der Waals surface area contributed by atoms with Gasteiger partial charge in [-0.15, -0.1) is 11.3 Å². The van der Waals surface area contributed by atoms with E-state index in [2.05, 4.69) is 4.98 Å². The molecule has 0 aromatic carbocycles. The first-order chi connectivity index (χ1) is 7.79. The van der Waals surface area contributed by atoms with Crippen LogP contribution in [0.1, 0.15) is 43.2 Å². The number of ether oxygens (including phenoxy) is 1. The monoisotopic (exact) mass is 239 g/mol. The fourth-order valence-electron chi connectivity index (χ4n) is 2.84. The Bertz CT molecular complexity index is 348. The first kappa shape index (κ1) is 10.7. The van der Waals surface area contributed by atoms with Gasteiger partial charge in [-0.25, -0.2) is 4.98 Å². The lowest BCUT2D eigenvalue weighted by Crippen LogP contribution is -2.46. The molecule has 0 amide bonds. The average molecular weight is 239 g/mol. The molecule has 3 nitrogen and oxygen atoms in total. The van der Waals surface area contributed by atoms with Crippen LogP contribution in [0.3, 0.4) is 0 Å². The van der Waals surface area contributed by atoms with Crippen LogP contribution >= 0.6 is 11.3 Å². The summed E-state index contributed by atoms with van der Waals surface area (Å²) in [7, 11) is 0. The predicted octanol–water partition coefficient (Wildman–Crippen LogP) is 2.53. The summed E-state index contributed by atoms with van der Waals surface area (Å²) in [6, 6.07) is 0. The van der Waals surface area contributed by atoms with Gasteiger partial charge < -0.3 is 9.84 Å². The third-order valence-electron chi connectivity index (χ3n) is 3.95. The first-order valence-electron chi connectivity index (χ1n) is 6.01. The van der Waals surface area contributed by atoms with Crippen LogP contribution in [0.15, 0.2) is 11.6 Å². The molecule has 0 radical (unpaired) electrons. The number of thiazole rings is 1. The van der Waals surface area contributed by atoms with E-state index in [1.54, 1.807) is 17.5 Å². The molecule has 1 spiro atoms. The van der Waals surface area contributed by atoms with Gasteiger partial charge in [-0.2, -0.15) is 0 Å². The fraction of sp³-hybridized carbons (Fsp3) is 0.750. The number of nitrogens with zero attached hydrogens (tertiary/aromatic N) is 1. The molecule has 16 heavy (non-hydrogen) atoms. The van der Waals surface area contributed by atoms with Crippen LogP contribution in [0, 0.1) is 5.92 Å². The van der Waals surface area contributed by atoms with Crippen LogP contribution in [0.5, 0.6) is 0 Å². The summed E-state index contributed by atoms with van der Waals surface area (Å²) in [4.78, 5) is 4.21. The van der Waals surface area contributed by atoms with Gasteiger partial charge in [-0.05, 0) is 38.0 Å². The molecular formula is C12H17NO2S. The Morgan fingerprint density at radius 3 is 3.06 bits per heavy atom. The van der Waals surface area contributed by atoms with E-state index in [1.807, 2.05) is 5.38 Å². The van der Waals surface area contributed by atoms with Gasteiger partial charge in [0.05, 0.1) is 5.60 Å². The van der Waals surface area contributed by atoms with Crippen LogP contribution in [0.25, 0.3) is 0 Å². The molecule has 1 aliphatic heterocycles. The van der Waals surface area contributed by atoms with Crippen molar-refractivity contribution < 1.29 is 9.84 Å². The van der Waals surface area contributed by atoms with Crippen molar-refractivity contribution in [1.29, 1.82) is 0 Å². The van der Waals surface area contributed by atoms with Crippen molar-refractivity contribution in [2.24, 2.45) is 5.92 Å². The Hall–Kier alpha value is -0.450. The molecule has 2 atom stereocenters. The van der Waals surface area contributed by atoms with Crippen molar-refractivity contribution >= 4 is 11.3 Å². The van der Waals surface area contributed by atoms with Crippen molar-refractivity contribution in [3.63, 3.8) is 0 Å². The summed E-state index contributed by atoms with van der Waals surface area (Å²) in [5.41, 5.74) is 0.112. The molecule has 3 rings (SSSR count). The summed E-state index contributed by atoms with van der Waals surface area (Å²) >= 11 is 1.55. The quantitative estimate of drug-likeness (QED) is 0.862. The number of rotatable bonds is 2. The third-order valence-corrected chi connectivity index (χ3v) is 4.79. The van der Waals surface area contributed by atoms with Crippen LogP contribution in [-0.4, -0.2) is 22.3 Å². The van der Waals surface area contributed by atoms with E-state index in [9.17, 15) is 5.11 Å². The minimum atomic E-state index is -0.388. The summed E-state index contributed by atoms with van der Waals surface area (Å²) in [6.07, 6.45) is 6.97. The predicted molar refractivity (Wildman–Crippen MR) is 62.3 cm³/mol. The van der Waals surface area contributed by atoms with Crippen molar-refractivity contribution in [2.45, 2.75) is 43.8 Å². The average Bonchev–Trinajstić information content (AvgIpc) is 2.79. The molecule has 0 bridgehead atoms. The second-order valence-electron chi connectivity index (χ2n) is 4.95. The van der Waals surface area contributed by atoms with E-state index in [0.29, 0.717) is 5.92 Å². The Morgan fingerprint density at radius 2 is 2.44 bits per heavy atom.